The Morgan fingerprint density at radius 3 is 2.12 bits per heavy atom. The highest BCUT2D eigenvalue weighted by Gasteiger charge is 2.17. The SMILES string of the molecule is CC(=O)Nc1ccc(NC(=O)CSc2nnc(-c3ccc(Cl)cc3)n2-c2ccc(C)cc2)cc1. The minimum absolute atomic E-state index is 0.149. The number of benzene rings is 3. The summed E-state index contributed by atoms with van der Waals surface area (Å²) >= 11 is 7.35. The Balaban J connectivity index is 1.52. The van der Waals surface area contributed by atoms with Gasteiger partial charge in [0.05, 0.1) is 5.75 Å². The predicted molar refractivity (Wildman–Crippen MR) is 137 cm³/mol. The molecule has 0 spiro atoms. The molecule has 0 saturated heterocycles. The van der Waals surface area contributed by atoms with Crippen LogP contribution in [0.2, 0.25) is 5.02 Å². The van der Waals surface area contributed by atoms with Crippen LogP contribution >= 0.6 is 23.4 Å². The van der Waals surface area contributed by atoms with E-state index >= 15 is 0 Å². The second-order valence-corrected chi connectivity index (χ2v) is 8.96. The van der Waals surface area contributed by atoms with Crippen molar-refractivity contribution in [2.45, 2.75) is 19.0 Å². The molecule has 0 fully saturated rings. The number of nitrogens with zero attached hydrogens (tertiary/aromatic N) is 3. The third-order valence-electron chi connectivity index (χ3n) is 4.85. The van der Waals surface area contributed by atoms with Gasteiger partial charge < -0.3 is 10.6 Å². The number of anilines is 2. The molecule has 4 rings (SSSR count). The molecule has 172 valence electrons. The first kappa shape index (κ1) is 23.5. The number of thioether (sulfide) groups is 1. The maximum absolute atomic E-state index is 12.6. The summed E-state index contributed by atoms with van der Waals surface area (Å²) in [6.07, 6.45) is 0. The number of carbonyl (C=O) groups excluding carboxylic acids is 2. The lowest BCUT2D eigenvalue weighted by atomic mass is 10.2. The molecule has 0 unspecified atom stereocenters. The summed E-state index contributed by atoms with van der Waals surface area (Å²) in [7, 11) is 0. The molecule has 0 atom stereocenters. The van der Waals surface area contributed by atoms with Crippen LogP contribution in [0.3, 0.4) is 0 Å². The number of hydrogen-bond donors (Lipinski definition) is 2. The molecule has 0 radical (unpaired) electrons. The third-order valence-corrected chi connectivity index (χ3v) is 6.03. The summed E-state index contributed by atoms with van der Waals surface area (Å²) in [4.78, 5) is 23.7. The summed E-state index contributed by atoms with van der Waals surface area (Å²) in [5, 5.41) is 15.5. The zero-order valence-electron chi connectivity index (χ0n) is 18.6. The van der Waals surface area contributed by atoms with Crippen LogP contribution in [0.5, 0.6) is 0 Å². The van der Waals surface area contributed by atoms with E-state index in [0.29, 0.717) is 27.4 Å². The Hall–Kier alpha value is -3.62. The van der Waals surface area contributed by atoms with Crippen LogP contribution in [0.15, 0.2) is 78.0 Å². The molecule has 2 N–H and O–H groups in total. The van der Waals surface area contributed by atoms with Crippen LogP contribution in [0.25, 0.3) is 17.1 Å². The smallest absolute Gasteiger partial charge is 0.234 e. The maximum Gasteiger partial charge on any atom is 0.234 e. The van der Waals surface area contributed by atoms with Crippen LogP contribution < -0.4 is 10.6 Å². The topological polar surface area (TPSA) is 88.9 Å². The van der Waals surface area contributed by atoms with Crippen LogP contribution in [0.4, 0.5) is 11.4 Å². The molecule has 0 aliphatic carbocycles. The van der Waals surface area contributed by atoms with Crippen LogP contribution in [0.1, 0.15) is 12.5 Å². The Morgan fingerprint density at radius 2 is 1.50 bits per heavy atom. The van der Waals surface area contributed by atoms with Gasteiger partial charge in [-0.25, -0.2) is 0 Å². The minimum atomic E-state index is -0.177. The highest BCUT2D eigenvalue weighted by atomic mass is 35.5. The monoisotopic (exact) mass is 491 g/mol. The molecule has 1 aromatic heterocycles. The quantitative estimate of drug-likeness (QED) is 0.329. The van der Waals surface area contributed by atoms with Crippen molar-refractivity contribution >= 4 is 46.6 Å². The van der Waals surface area contributed by atoms with Gasteiger partial charge in [-0.05, 0) is 67.6 Å². The van der Waals surface area contributed by atoms with Gasteiger partial charge in [0.15, 0.2) is 11.0 Å². The number of halogens is 1. The van der Waals surface area contributed by atoms with Crippen molar-refractivity contribution in [3.63, 3.8) is 0 Å². The van der Waals surface area contributed by atoms with Gasteiger partial charge in [-0.2, -0.15) is 0 Å². The van der Waals surface area contributed by atoms with Gasteiger partial charge in [-0.3, -0.25) is 14.2 Å². The van der Waals surface area contributed by atoms with Gasteiger partial charge in [0.25, 0.3) is 0 Å². The summed E-state index contributed by atoms with van der Waals surface area (Å²) in [5.41, 5.74) is 4.22. The van der Waals surface area contributed by atoms with E-state index in [1.165, 1.54) is 18.7 Å². The Bertz CT molecular complexity index is 1300. The van der Waals surface area contributed by atoms with Gasteiger partial charge in [0, 0.05) is 34.6 Å². The lowest BCUT2D eigenvalue weighted by molar-refractivity contribution is -0.114. The average molecular weight is 492 g/mol. The Kier molecular flexibility index (Phi) is 7.30. The lowest BCUT2D eigenvalue weighted by Crippen LogP contribution is -2.14. The van der Waals surface area contributed by atoms with Crippen LogP contribution in [0, 0.1) is 6.92 Å². The molecule has 0 aliphatic heterocycles. The van der Waals surface area contributed by atoms with E-state index in [2.05, 4.69) is 20.8 Å². The van der Waals surface area contributed by atoms with Crippen molar-refractivity contribution in [2.24, 2.45) is 0 Å². The van der Waals surface area contributed by atoms with Crippen molar-refractivity contribution in [3.05, 3.63) is 83.4 Å². The lowest BCUT2D eigenvalue weighted by Gasteiger charge is -2.11. The van der Waals surface area contributed by atoms with Crippen LogP contribution in [-0.2, 0) is 9.59 Å². The Morgan fingerprint density at radius 1 is 0.882 bits per heavy atom. The molecule has 0 saturated carbocycles. The number of nitrogens with one attached hydrogen (secondary N) is 2. The molecule has 7 nitrogen and oxygen atoms in total. The van der Waals surface area contributed by atoms with Gasteiger partial charge in [0.1, 0.15) is 0 Å². The van der Waals surface area contributed by atoms with Crippen molar-refractivity contribution < 1.29 is 9.59 Å². The van der Waals surface area contributed by atoms with E-state index in [-0.39, 0.29) is 17.6 Å². The Labute approximate surface area is 206 Å². The predicted octanol–water partition coefficient (Wildman–Crippen LogP) is 5.59. The van der Waals surface area contributed by atoms with E-state index < -0.39 is 0 Å². The first-order chi connectivity index (χ1) is 16.4. The minimum Gasteiger partial charge on any atom is -0.326 e. The fourth-order valence-electron chi connectivity index (χ4n) is 3.24. The van der Waals surface area contributed by atoms with E-state index in [1.807, 2.05) is 60.0 Å². The molecule has 3 aromatic carbocycles. The van der Waals surface area contributed by atoms with Gasteiger partial charge >= 0.3 is 0 Å². The van der Waals surface area contributed by atoms with Gasteiger partial charge in [0.2, 0.25) is 11.8 Å². The van der Waals surface area contributed by atoms with Crippen LogP contribution in [-0.4, -0.2) is 32.3 Å². The largest absolute Gasteiger partial charge is 0.326 e. The first-order valence-corrected chi connectivity index (χ1v) is 11.8. The fraction of sp³-hybridized carbons (Fsp3) is 0.120. The number of hydrogen-bond acceptors (Lipinski definition) is 5. The number of carbonyl (C=O) groups is 2. The molecular formula is C25H22ClN5O2S. The zero-order chi connectivity index (χ0) is 24.1. The van der Waals surface area contributed by atoms with Gasteiger partial charge in [-0.1, -0.05) is 41.1 Å². The normalized spacial score (nSPS) is 10.7. The molecule has 4 aromatic rings. The summed E-state index contributed by atoms with van der Waals surface area (Å²) in [6.45, 7) is 3.47. The average Bonchev–Trinajstić information content (AvgIpc) is 3.23. The van der Waals surface area contributed by atoms with Crippen molar-refractivity contribution in [3.8, 4) is 17.1 Å². The molecule has 2 amide bonds. The third kappa shape index (κ3) is 5.84. The number of amides is 2. The maximum atomic E-state index is 12.6. The molecular weight excluding hydrogens is 470 g/mol. The van der Waals surface area contributed by atoms with E-state index in [1.54, 1.807) is 24.3 Å². The van der Waals surface area contributed by atoms with Crippen molar-refractivity contribution in [2.75, 3.05) is 16.4 Å². The number of aromatic nitrogens is 3. The highest BCUT2D eigenvalue weighted by Crippen LogP contribution is 2.29. The van der Waals surface area contributed by atoms with E-state index in [9.17, 15) is 9.59 Å². The molecule has 0 bridgehead atoms. The summed E-state index contributed by atoms with van der Waals surface area (Å²) in [6, 6.07) is 22.4. The second kappa shape index (κ2) is 10.5. The van der Waals surface area contributed by atoms with Gasteiger partial charge in [-0.15, -0.1) is 10.2 Å². The second-order valence-electron chi connectivity index (χ2n) is 7.58. The number of aryl methyl sites for hydroxylation is 1. The van der Waals surface area contributed by atoms with E-state index in [0.717, 1.165) is 16.8 Å². The standard InChI is InChI=1S/C25H22ClN5O2S/c1-16-3-13-22(14-4-16)31-24(18-5-7-19(26)8-6-18)29-30-25(31)34-15-23(33)28-21-11-9-20(10-12-21)27-17(2)32/h3-14H,15H2,1-2H3,(H,27,32)(H,28,33). The molecule has 9 heteroatoms. The zero-order valence-corrected chi connectivity index (χ0v) is 20.2. The molecule has 0 aliphatic rings. The molecule has 34 heavy (non-hydrogen) atoms. The highest BCUT2D eigenvalue weighted by molar-refractivity contribution is 7.99. The van der Waals surface area contributed by atoms with E-state index in [4.69, 9.17) is 11.6 Å². The molecule has 1 heterocycles. The number of rotatable bonds is 7. The first-order valence-electron chi connectivity index (χ1n) is 10.5. The summed E-state index contributed by atoms with van der Waals surface area (Å²) in [5.74, 6) is 0.488. The summed E-state index contributed by atoms with van der Waals surface area (Å²) < 4.78 is 1.93. The van der Waals surface area contributed by atoms with Crippen molar-refractivity contribution in [1.29, 1.82) is 0 Å². The fourth-order valence-corrected chi connectivity index (χ4v) is 4.12. The van der Waals surface area contributed by atoms with Crippen molar-refractivity contribution in [1.82, 2.24) is 14.8 Å².